The van der Waals surface area contributed by atoms with Crippen LogP contribution >= 0.6 is 0 Å². The Morgan fingerprint density at radius 2 is 2.06 bits per heavy atom. The molecule has 0 aliphatic carbocycles. The Balaban J connectivity index is 2.54. The fourth-order valence-corrected chi connectivity index (χ4v) is 1.76. The van der Waals surface area contributed by atoms with Gasteiger partial charge in [0, 0.05) is 16.8 Å². The minimum atomic E-state index is -1.07. The number of carbonyl (C=O) groups is 1. The predicted molar refractivity (Wildman–Crippen MR) is 63.3 cm³/mol. The van der Waals surface area contributed by atoms with Crippen LogP contribution in [0.25, 0.3) is 11.3 Å². The van der Waals surface area contributed by atoms with Crippen LogP contribution in [0.3, 0.4) is 0 Å². The molecule has 17 heavy (non-hydrogen) atoms. The van der Waals surface area contributed by atoms with Crippen LogP contribution < -0.4 is 5.73 Å². The lowest BCUT2D eigenvalue weighted by molar-refractivity contribution is -0.138. The molecular weight excluding hydrogens is 218 g/mol. The number of hydrogen-bond donors (Lipinski definition) is 3. The highest BCUT2D eigenvalue weighted by Crippen LogP contribution is 2.27. The first-order valence-corrected chi connectivity index (χ1v) is 5.20. The number of rotatable bonds is 3. The van der Waals surface area contributed by atoms with Crippen LogP contribution in [0.2, 0.25) is 0 Å². The lowest BCUT2D eigenvalue weighted by Gasteiger charge is -2.08. The molecule has 0 spiro atoms. The zero-order valence-corrected chi connectivity index (χ0v) is 9.34. The number of nitrogens with zero attached hydrogens (tertiary/aromatic N) is 1. The van der Waals surface area contributed by atoms with E-state index in [1.54, 1.807) is 6.92 Å². The number of nitrogens with two attached hydrogens (primary N) is 1. The lowest BCUT2D eigenvalue weighted by atomic mass is 10.0. The highest BCUT2D eigenvalue weighted by Gasteiger charge is 2.23. The van der Waals surface area contributed by atoms with Crippen LogP contribution in [-0.2, 0) is 4.79 Å². The van der Waals surface area contributed by atoms with E-state index in [0.29, 0.717) is 17.0 Å². The molecule has 0 radical (unpaired) electrons. The van der Waals surface area contributed by atoms with Crippen molar-refractivity contribution < 1.29 is 9.90 Å². The summed E-state index contributed by atoms with van der Waals surface area (Å²) in [4.78, 5) is 11.0. The quantitative estimate of drug-likeness (QED) is 0.745. The van der Waals surface area contributed by atoms with Crippen molar-refractivity contribution in [2.24, 2.45) is 5.73 Å². The molecule has 1 atom stereocenters. The fourth-order valence-electron chi connectivity index (χ4n) is 1.76. The molecule has 0 bridgehead atoms. The average Bonchev–Trinajstić information content (AvgIpc) is 2.71. The normalized spacial score (nSPS) is 12.4. The van der Waals surface area contributed by atoms with E-state index in [1.165, 1.54) is 0 Å². The summed E-state index contributed by atoms with van der Waals surface area (Å²) in [6.45, 7) is 1.76. The second-order valence-corrected chi connectivity index (χ2v) is 3.79. The summed E-state index contributed by atoms with van der Waals surface area (Å²) in [6.07, 6.45) is 0. The predicted octanol–water partition coefficient (Wildman–Crippen LogP) is 1.47. The van der Waals surface area contributed by atoms with E-state index in [-0.39, 0.29) is 0 Å². The van der Waals surface area contributed by atoms with Gasteiger partial charge in [-0.2, -0.15) is 5.10 Å². The molecule has 0 amide bonds. The minimum absolute atomic E-state index is 0.531. The van der Waals surface area contributed by atoms with Crippen molar-refractivity contribution in [3.63, 3.8) is 0 Å². The van der Waals surface area contributed by atoms with E-state index in [1.807, 2.05) is 30.3 Å². The fraction of sp³-hybridized carbons (Fsp3) is 0.167. The van der Waals surface area contributed by atoms with Gasteiger partial charge in [0.2, 0.25) is 0 Å². The first-order chi connectivity index (χ1) is 8.11. The average molecular weight is 231 g/mol. The van der Waals surface area contributed by atoms with E-state index in [9.17, 15) is 4.79 Å². The van der Waals surface area contributed by atoms with Gasteiger partial charge in [-0.1, -0.05) is 30.3 Å². The van der Waals surface area contributed by atoms with Gasteiger partial charge < -0.3 is 10.8 Å². The number of carboxylic acids is 1. The molecule has 88 valence electrons. The first-order valence-electron chi connectivity index (χ1n) is 5.20. The topological polar surface area (TPSA) is 92.0 Å². The van der Waals surface area contributed by atoms with Gasteiger partial charge >= 0.3 is 5.97 Å². The SMILES string of the molecule is Cc1[nH]nc(-c2ccccc2)c1C(N)C(=O)O. The highest BCUT2D eigenvalue weighted by atomic mass is 16.4. The van der Waals surface area contributed by atoms with E-state index in [0.717, 1.165) is 5.56 Å². The first kappa shape index (κ1) is 11.3. The van der Waals surface area contributed by atoms with E-state index in [4.69, 9.17) is 10.8 Å². The number of aryl methyl sites for hydroxylation is 1. The van der Waals surface area contributed by atoms with Crippen LogP contribution in [0.15, 0.2) is 30.3 Å². The van der Waals surface area contributed by atoms with Crippen molar-refractivity contribution in [1.82, 2.24) is 10.2 Å². The number of nitrogens with one attached hydrogen (secondary N) is 1. The van der Waals surface area contributed by atoms with Gasteiger partial charge in [-0.05, 0) is 6.92 Å². The molecule has 5 heteroatoms. The molecule has 0 saturated heterocycles. The Kier molecular flexibility index (Phi) is 2.93. The van der Waals surface area contributed by atoms with E-state index in [2.05, 4.69) is 10.2 Å². The van der Waals surface area contributed by atoms with Crippen molar-refractivity contribution in [2.45, 2.75) is 13.0 Å². The molecule has 1 aromatic carbocycles. The van der Waals surface area contributed by atoms with Crippen molar-refractivity contribution in [2.75, 3.05) is 0 Å². The zero-order valence-electron chi connectivity index (χ0n) is 9.34. The van der Waals surface area contributed by atoms with Gasteiger partial charge in [-0.15, -0.1) is 0 Å². The van der Waals surface area contributed by atoms with Gasteiger partial charge in [0.25, 0.3) is 0 Å². The molecule has 0 aliphatic rings. The van der Waals surface area contributed by atoms with Crippen LogP contribution in [0.4, 0.5) is 0 Å². The van der Waals surface area contributed by atoms with E-state index >= 15 is 0 Å². The van der Waals surface area contributed by atoms with E-state index < -0.39 is 12.0 Å². The molecule has 0 saturated carbocycles. The van der Waals surface area contributed by atoms with Gasteiger partial charge in [-0.3, -0.25) is 9.89 Å². The summed E-state index contributed by atoms with van der Waals surface area (Å²) in [6, 6.07) is 8.30. The molecule has 2 rings (SSSR count). The van der Waals surface area contributed by atoms with Crippen molar-refractivity contribution >= 4 is 5.97 Å². The Hall–Kier alpha value is -2.14. The van der Waals surface area contributed by atoms with Crippen LogP contribution in [0, 0.1) is 6.92 Å². The molecule has 2 aromatic rings. The standard InChI is InChI=1S/C12H13N3O2/c1-7-9(10(13)12(16)17)11(15-14-7)8-5-3-2-4-6-8/h2-6,10H,13H2,1H3,(H,14,15)(H,16,17). The van der Waals surface area contributed by atoms with Crippen molar-refractivity contribution in [3.05, 3.63) is 41.6 Å². The number of aromatic nitrogens is 2. The second-order valence-electron chi connectivity index (χ2n) is 3.79. The Bertz CT molecular complexity index is 534. The summed E-state index contributed by atoms with van der Waals surface area (Å²) in [7, 11) is 0. The smallest absolute Gasteiger partial charge is 0.325 e. The Labute approximate surface area is 98.3 Å². The van der Waals surface area contributed by atoms with Gasteiger partial charge in [0.15, 0.2) is 0 Å². The minimum Gasteiger partial charge on any atom is -0.480 e. The van der Waals surface area contributed by atoms with Crippen molar-refractivity contribution in [1.29, 1.82) is 0 Å². The molecule has 4 N–H and O–H groups in total. The molecule has 0 aliphatic heterocycles. The monoisotopic (exact) mass is 231 g/mol. The highest BCUT2D eigenvalue weighted by molar-refractivity contribution is 5.79. The third kappa shape index (κ3) is 2.05. The number of benzene rings is 1. The van der Waals surface area contributed by atoms with Crippen LogP contribution in [-0.4, -0.2) is 21.3 Å². The molecular formula is C12H13N3O2. The number of aliphatic carboxylic acids is 1. The maximum Gasteiger partial charge on any atom is 0.325 e. The molecule has 1 aromatic heterocycles. The Morgan fingerprint density at radius 1 is 1.41 bits per heavy atom. The van der Waals surface area contributed by atoms with Gasteiger partial charge in [-0.25, -0.2) is 0 Å². The lowest BCUT2D eigenvalue weighted by Crippen LogP contribution is -2.21. The summed E-state index contributed by atoms with van der Waals surface area (Å²) >= 11 is 0. The molecule has 1 unspecified atom stereocenters. The number of H-pyrrole nitrogens is 1. The van der Waals surface area contributed by atoms with Gasteiger partial charge in [0.1, 0.15) is 6.04 Å². The van der Waals surface area contributed by atoms with Gasteiger partial charge in [0.05, 0.1) is 5.69 Å². The largest absolute Gasteiger partial charge is 0.480 e. The zero-order chi connectivity index (χ0) is 12.4. The summed E-state index contributed by atoms with van der Waals surface area (Å²) in [5, 5.41) is 15.9. The maximum absolute atomic E-state index is 11.0. The summed E-state index contributed by atoms with van der Waals surface area (Å²) < 4.78 is 0. The third-order valence-electron chi connectivity index (χ3n) is 2.62. The van der Waals surface area contributed by atoms with Crippen molar-refractivity contribution in [3.8, 4) is 11.3 Å². The molecule has 1 heterocycles. The number of carboxylic acid groups (broad SMARTS) is 1. The molecule has 0 fully saturated rings. The number of hydrogen-bond acceptors (Lipinski definition) is 3. The third-order valence-corrected chi connectivity index (χ3v) is 2.62. The Morgan fingerprint density at radius 3 is 2.65 bits per heavy atom. The summed E-state index contributed by atoms with van der Waals surface area (Å²) in [5.41, 5.74) is 8.32. The van der Waals surface area contributed by atoms with Crippen LogP contribution in [0.1, 0.15) is 17.3 Å². The van der Waals surface area contributed by atoms with Crippen LogP contribution in [0.5, 0.6) is 0 Å². The molecule has 5 nitrogen and oxygen atoms in total. The second kappa shape index (κ2) is 4.39. The maximum atomic E-state index is 11.0. The summed E-state index contributed by atoms with van der Waals surface area (Å²) in [5.74, 6) is -1.06. The number of aromatic amines is 1.